The topological polar surface area (TPSA) is 12.5 Å². The largest absolute Gasteiger partial charge is 0.476 e. The summed E-state index contributed by atoms with van der Waals surface area (Å²) in [5, 5.41) is 0. The standard InChI is InChI=1S/C19H25NO/c1-4-18-11-12-20(15(3)21-18)17-10-9-16-8-6-5-7-14(2)19(16)13-17/h9-10,13,18H,2-8,11-12H2,1H3. The fourth-order valence-electron chi connectivity index (χ4n) is 3.34. The molecule has 0 saturated carbocycles. The predicted octanol–water partition coefficient (Wildman–Crippen LogP) is 4.90. The second-order valence-electron chi connectivity index (χ2n) is 6.13. The highest BCUT2D eigenvalue weighted by atomic mass is 16.5. The number of anilines is 1. The molecule has 1 aliphatic carbocycles. The number of hydrogen-bond donors (Lipinski definition) is 0. The molecule has 112 valence electrons. The molecule has 1 aromatic carbocycles. The second-order valence-corrected chi connectivity index (χ2v) is 6.13. The van der Waals surface area contributed by atoms with E-state index in [9.17, 15) is 0 Å². The Morgan fingerprint density at radius 1 is 1.24 bits per heavy atom. The van der Waals surface area contributed by atoms with Gasteiger partial charge in [-0.25, -0.2) is 0 Å². The van der Waals surface area contributed by atoms with Gasteiger partial charge in [-0.3, -0.25) is 0 Å². The third kappa shape index (κ3) is 2.85. The van der Waals surface area contributed by atoms with Crippen molar-refractivity contribution in [2.45, 2.75) is 51.6 Å². The maximum absolute atomic E-state index is 5.91. The molecular weight excluding hydrogens is 258 g/mol. The molecule has 2 heteroatoms. The van der Waals surface area contributed by atoms with Crippen molar-refractivity contribution in [3.8, 4) is 0 Å². The molecule has 21 heavy (non-hydrogen) atoms. The molecule has 1 atom stereocenters. The number of hydrogen-bond acceptors (Lipinski definition) is 2. The Morgan fingerprint density at radius 3 is 2.81 bits per heavy atom. The fraction of sp³-hybridized carbons (Fsp3) is 0.474. The van der Waals surface area contributed by atoms with Crippen LogP contribution in [0.4, 0.5) is 5.69 Å². The first-order valence-corrected chi connectivity index (χ1v) is 8.13. The van der Waals surface area contributed by atoms with Crippen molar-refractivity contribution >= 4 is 11.3 Å². The molecule has 2 aliphatic rings. The van der Waals surface area contributed by atoms with Gasteiger partial charge in [0.1, 0.15) is 6.10 Å². The molecule has 1 aromatic rings. The minimum atomic E-state index is 0.324. The van der Waals surface area contributed by atoms with Gasteiger partial charge in [-0.15, -0.1) is 0 Å². The Hall–Kier alpha value is -1.70. The zero-order valence-electron chi connectivity index (χ0n) is 13.0. The first-order chi connectivity index (χ1) is 10.2. The Balaban J connectivity index is 1.87. The molecule has 0 radical (unpaired) electrons. The summed E-state index contributed by atoms with van der Waals surface area (Å²) in [4.78, 5) is 2.20. The Morgan fingerprint density at radius 2 is 2.05 bits per heavy atom. The van der Waals surface area contributed by atoms with E-state index in [4.69, 9.17) is 4.74 Å². The van der Waals surface area contributed by atoms with E-state index in [0.29, 0.717) is 6.10 Å². The lowest BCUT2D eigenvalue weighted by Crippen LogP contribution is -2.35. The van der Waals surface area contributed by atoms with E-state index in [-0.39, 0.29) is 0 Å². The normalized spacial score (nSPS) is 22.5. The van der Waals surface area contributed by atoms with Gasteiger partial charge in [0.25, 0.3) is 0 Å². The van der Waals surface area contributed by atoms with E-state index in [1.54, 1.807) is 0 Å². The van der Waals surface area contributed by atoms with Crippen LogP contribution in [0.2, 0.25) is 0 Å². The Bertz CT molecular complexity index is 561. The van der Waals surface area contributed by atoms with E-state index >= 15 is 0 Å². The van der Waals surface area contributed by atoms with E-state index in [1.165, 1.54) is 41.6 Å². The van der Waals surface area contributed by atoms with Gasteiger partial charge in [0.05, 0.1) is 0 Å². The van der Waals surface area contributed by atoms with Crippen LogP contribution in [0, 0.1) is 0 Å². The maximum Gasteiger partial charge on any atom is 0.186 e. The highest BCUT2D eigenvalue weighted by Gasteiger charge is 2.23. The number of fused-ring (bicyclic) bond motifs is 1. The average Bonchev–Trinajstić information content (AvgIpc) is 2.69. The van der Waals surface area contributed by atoms with Crippen LogP contribution in [-0.4, -0.2) is 12.6 Å². The van der Waals surface area contributed by atoms with Crippen molar-refractivity contribution < 1.29 is 4.74 Å². The number of benzene rings is 1. The zero-order chi connectivity index (χ0) is 14.8. The summed E-state index contributed by atoms with van der Waals surface area (Å²) in [6, 6.07) is 6.75. The van der Waals surface area contributed by atoms with Gasteiger partial charge < -0.3 is 9.64 Å². The van der Waals surface area contributed by atoms with Crippen LogP contribution in [-0.2, 0) is 11.2 Å². The molecule has 1 unspecified atom stereocenters. The summed E-state index contributed by atoms with van der Waals surface area (Å²) >= 11 is 0. The monoisotopic (exact) mass is 283 g/mol. The SMILES string of the molecule is C=C1CCCCc2ccc(N3CCC(CC)OC3=C)cc21. The minimum absolute atomic E-state index is 0.324. The van der Waals surface area contributed by atoms with Crippen LogP contribution in [0.25, 0.3) is 5.57 Å². The lowest BCUT2D eigenvalue weighted by Gasteiger charge is -2.35. The molecule has 2 nitrogen and oxygen atoms in total. The van der Waals surface area contributed by atoms with Crippen molar-refractivity contribution in [3.05, 3.63) is 48.4 Å². The molecule has 1 heterocycles. The molecule has 1 fully saturated rings. The number of allylic oxidation sites excluding steroid dienone is 1. The second kappa shape index (κ2) is 5.97. The van der Waals surface area contributed by atoms with Gasteiger partial charge in [0.2, 0.25) is 0 Å². The highest BCUT2D eigenvalue weighted by molar-refractivity contribution is 5.71. The highest BCUT2D eigenvalue weighted by Crippen LogP contribution is 2.34. The predicted molar refractivity (Wildman–Crippen MR) is 89.3 cm³/mol. The zero-order valence-corrected chi connectivity index (χ0v) is 13.0. The molecule has 0 spiro atoms. The summed E-state index contributed by atoms with van der Waals surface area (Å²) in [6.45, 7) is 11.5. The number of ether oxygens (including phenoxy) is 1. The maximum atomic E-state index is 5.91. The molecule has 3 rings (SSSR count). The van der Waals surface area contributed by atoms with Crippen molar-refractivity contribution in [1.29, 1.82) is 0 Å². The molecule has 1 saturated heterocycles. The Kier molecular flexibility index (Phi) is 4.05. The van der Waals surface area contributed by atoms with E-state index in [0.717, 1.165) is 31.7 Å². The summed E-state index contributed by atoms with van der Waals surface area (Å²) in [7, 11) is 0. The van der Waals surface area contributed by atoms with Gasteiger partial charge in [-0.05, 0) is 67.5 Å². The third-order valence-corrected chi connectivity index (χ3v) is 4.69. The number of aryl methyl sites for hydroxylation is 1. The molecule has 1 aliphatic heterocycles. The first-order valence-electron chi connectivity index (χ1n) is 8.13. The Labute approximate surface area is 128 Å². The van der Waals surface area contributed by atoms with Gasteiger partial charge in [-0.1, -0.05) is 19.6 Å². The van der Waals surface area contributed by atoms with E-state index in [1.807, 2.05) is 0 Å². The molecule has 0 N–H and O–H groups in total. The van der Waals surface area contributed by atoms with Gasteiger partial charge in [0.15, 0.2) is 5.88 Å². The molecule has 0 amide bonds. The van der Waals surface area contributed by atoms with Crippen LogP contribution in [0.1, 0.15) is 50.2 Å². The molecular formula is C19H25NO. The van der Waals surface area contributed by atoms with Gasteiger partial charge in [-0.2, -0.15) is 0 Å². The van der Waals surface area contributed by atoms with Crippen molar-refractivity contribution in [1.82, 2.24) is 0 Å². The van der Waals surface area contributed by atoms with Crippen LogP contribution >= 0.6 is 0 Å². The number of nitrogens with zero attached hydrogens (tertiary/aromatic N) is 1. The lowest BCUT2D eigenvalue weighted by molar-refractivity contribution is 0.0805. The summed E-state index contributed by atoms with van der Waals surface area (Å²) < 4.78 is 5.91. The third-order valence-electron chi connectivity index (χ3n) is 4.69. The average molecular weight is 283 g/mol. The smallest absolute Gasteiger partial charge is 0.186 e. The molecule has 0 aromatic heterocycles. The van der Waals surface area contributed by atoms with Crippen LogP contribution in [0.5, 0.6) is 0 Å². The van der Waals surface area contributed by atoms with Gasteiger partial charge in [0, 0.05) is 18.7 Å². The van der Waals surface area contributed by atoms with Crippen molar-refractivity contribution in [3.63, 3.8) is 0 Å². The first kappa shape index (κ1) is 14.2. The lowest BCUT2D eigenvalue weighted by atomic mass is 9.98. The number of rotatable bonds is 2. The van der Waals surface area contributed by atoms with Crippen molar-refractivity contribution in [2.75, 3.05) is 11.4 Å². The quantitative estimate of drug-likeness (QED) is 0.716. The molecule has 0 bridgehead atoms. The minimum Gasteiger partial charge on any atom is -0.476 e. The summed E-state index contributed by atoms with van der Waals surface area (Å²) in [5.74, 6) is 0.785. The van der Waals surface area contributed by atoms with Crippen LogP contribution in [0.15, 0.2) is 37.2 Å². The van der Waals surface area contributed by atoms with Gasteiger partial charge >= 0.3 is 0 Å². The van der Waals surface area contributed by atoms with E-state index < -0.39 is 0 Å². The van der Waals surface area contributed by atoms with Crippen LogP contribution < -0.4 is 4.90 Å². The summed E-state index contributed by atoms with van der Waals surface area (Å²) in [6.07, 6.45) is 7.24. The van der Waals surface area contributed by atoms with Crippen LogP contribution in [0.3, 0.4) is 0 Å². The van der Waals surface area contributed by atoms with Crippen molar-refractivity contribution in [2.24, 2.45) is 0 Å². The van der Waals surface area contributed by atoms with E-state index in [2.05, 4.69) is 43.2 Å². The summed E-state index contributed by atoms with van der Waals surface area (Å²) in [5.41, 5.74) is 5.25. The fourth-order valence-corrected chi connectivity index (χ4v) is 3.34.